The van der Waals surface area contributed by atoms with E-state index < -0.39 is 0 Å². The van der Waals surface area contributed by atoms with Crippen molar-refractivity contribution in [1.29, 1.82) is 0 Å². The second-order valence-electron chi connectivity index (χ2n) is 4.03. The number of Topliss-reactive ketones (excluding diaryl/α,β-unsaturated/α-hetero) is 1. The molecule has 1 aromatic heterocycles. The van der Waals surface area contributed by atoms with E-state index in [1.807, 2.05) is 12.1 Å². The molecule has 88 valence electrons. The summed E-state index contributed by atoms with van der Waals surface area (Å²) in [4.78, 5) is 25.4. The summed E-state index contributed by atoms with van der Waals surface area (Å²) in [5.41, 5.74) is 1.09. The fourth-order valence-corrected chi connectivity index (χ4v) is 1.97. The van der Waals surface area contributed by atoms with E-state index in [0.29, 0.717) is 28.9 Å². The second kappa shape index (κ2) is 4.72. The van der Waals surface area contributed by atoms with E-state index in [9.17, 15) is 9.59 Å². The van der Waals surface area contributed by atoms with Gasteiger partial charge in [-0.2, -0.15) is 0 Å². The Labute approximate surface area is 103 Å². The molecule has 0 saturated carbocycles. The van der Waals surface area contributed by atoms with Crippen LogP contribution in [0.5, 0.6) is 0 Å². The van der Waals surface area contributed by atoms with Gasteiger partial charge in [-0.05, 0) is 25.5 Å². The van der Waals surface area contributed by atoms with Gasteiger partial charge in [0.15, 0.2) is 0 Å². The van der Waals surface area contributed by atoms with Crippen LogP contribution in [0.1, 0.15) is 18.9 Å². The second-order valence-corrected chi connectivity index (χ2v) is 4.44. The molecule has 1 aromatic carbocycles. The average molecular weight is 250 g/mol. The van der Waals surface area contributed by atoms with Gasteiger partial charge in [-0.25, -0.2) is 0 Å². The summed E-state index contributed by atoms with van der Waals surface area (Å²) in [5, 5.41) is 1.41. The van der Waals surface area contributed by atoms with Crippen LogP contribution in [0, 0.1) is 0 Å². The predicted octanol–water partition coefficient (Wildman–Crippen LogP) is 2.70. The number of carbonyl (C=O) groups excluding carboxylic acids is 1. The van der Waals surface area contributed by atoms with E-state index in [2.05, 4.69) is 4.98 Å². The highest BCUT2D eigenvalue weighted by atomic mass is 35.5. The van der Waals surface area contributed by atoms with Gasteiger partial charge in [0, 0.05) is 17.4 Å². The zero-order valence-electron chi connectivity index (χ0n) is 9.42. The van der Waals surface area contributed by atoms with Gasteiger partial charge in [0.25, 0.3) is 5.56 Å². The Hall–Kier alpha value is -1.61. The minimum absolute atomic E-state index is 0.0793. The summed E-state index contributed by atoms with van der Waals surface area (Å²) in [6.07, 6.45) is 0.849. The fraction of sp³-hybridized carbons (Fsp3) is 0.231. The Kier molecular flexibility index (Phi) is 3.29. The first-order valence-electron chi connectivity index (χ1n) is 5.38. The molecular weight excluding hydrogens is 238 g/mol. The minimum Gasteiger partial charge on any atom is -0.320 e. The largest absolute Gasteiger partial charge is 0.320 e. The van der Waals surface area contributed by atoms with E-state index in [1.54, 1.807) is 12.1 Å². The number of benzene rings is 1. The van der Waals surface area contributed by atoms with Crippen molar-refractivity contribution in [2.75, 3.05) is 0 Å². The van der Waals surface area contributed by atoms with Gasteiger partial charge in [0.2, 0.25) is 0 Å². The molecule has 2 rings (SSSR count). The van der Waals surface area contributed by atoms with Gasteiger partial charge in [0.1, 0.15) is 5.78 Å². The van der Waals surface area contributed by atoms with Crippen LogP contribution in [0.3, 0.4) is 0 Å². The summed E-state index contributed by atoms with van der Waals surface area (Å²) in [6.45, 7) is 1.52. The third kappa shape index (κ3) is 2.56. The summed E-state index contributed by atoms with van der Waals surface area (Å²) < 4.78 is 0. The highest BCUT2D eigenvalue weighted by molar-refractivity contribution is 6.35. The molecule has 1 heterocycles. The third-order valence-corrected chi connectivity index (χ3v) is 2.97. The summed E-state index contributed by atoms with van der Waals surface area (Å²) in [6, 6.07) is 7.24. The average Bonchev–Trinajstić information content (AvgIpc) is 2.28. The highest BCUT2D eigenvalue weighted by Gasteiger charge is 2.06. The van der Waals surface area contributed by atoms with Crippen molar-refractivity contribution in [3.05, 3.63) is 45.2 Å². The zero-order valence-corrected chi connectivity index (χ0v) is 10.2. The Morgan fingerprint density at radius 2 is 2.18 bits per heavy atom. The van der Waals surface area contributed by atoms with E-state index in [-0.39, 0.29) is 11.3 Å². The Morgan fingerprint density at radius 1 is 1.41 bits per heavy atom. The number of ketones is 1. The number of aromatic nitrogens is 1. The Bertz CT molecular complexity index is 631. The molecule has 0 fully saturated rings. The number of para-hydroxylation sites is 1. The van der Waals surface area contributed by atoms with Gasteiger partial charge < -0.3 is 9.78 Å². The number of hydrogen-bond acceptors (Lipinski definition) is 2. The standard InChI is InChI=1S/C13H12ClNO2/c1-8(16)5-6-10-7-9-3-2-4-11(14)12(9)15-13(10)17/h2-4,7H,5-6H2,1H3,(H,15,17). The van der Waals surface area contributed by atoms with Crippen LogP contribution in [0.15, 0.2) is 29.1 Å². The molecule has 0 saturated heterocycles. The molecule has 0 amide bonds. The number of aryl methyl sites for hydroxylation is 1. The van der Waals surface area contributed by atoms with Crippen molar-refractivity contribution in [2.45, 2.75) is 19.8 Å². The van der Waals surface area contributed by atoms with Crippen molar-refractivity contribution in [1.82, 2.24) is 4.98 Å². The molecule has 0 aliphatic carbocycles. The molecule has 1 N–H and O–H groups in total. The molecule has 17 heavy (non-hydrogen) atoms. The lowest BCUT2D eigenvalue weighted by Crippen LogP contribution is -2.13. The molecule has 0 aliphatic rings. The fourth-order valence-electron chi connectivity index (χ4n) is 1.74. The number of H-pyrrole nitrogens is 1. The first kappa shape index (κ1) is 11.9. The minimum atomic E-state index is -0.174. The van der Waals surface area contributed by atoms with Crippen LogP contribution >= 0.6 is 11.6 Å². The molecule has 0 aliphatic heterocycles. The first-order chi connectivity index (χ1) is 8.08. The maximum atomic E-state index is 11.8. The van der Waals surface area contributed by atoms with Crippen LogP contribution in [0.4, 0.5) is 0 Å². The number of nitrogens with one attached hydrogen (secondary N) is 1. The maximum absolute atomic E-state index is 11.8. The van der Waals surface area contributed by atoms with Crippen molar-refractivity contribution in [3.8, 4) is 0 Å². The van der Waals surface area contributed by atoms with Crippen molar-refractivity contribution in [2.24, 2.45) is 0 Å². The SMILES string of the molecule is CC(=O)CCc1cc2cccc(Cl)c2[nH]c1=O. The summed E-state index contributed by atoms with van der Waals surface area (Å²) in [7, 11) is 0. The lowest BCUT2D eigenvalue weighted by atomic mass is 10.1. The van der Waals surface area contributed by atoms with Crippen molar-refractivity contribution in [3.63, 3.8) is 0 Å². The Morgan fingerprint density at radius 3 is 2.88 bits per heavy atom. The normalized spacial score (nSPS) is 10.7. The lowest BCUT2D eigenvalue weighted by molar-refractivity contribution is -0.116. The van der Waals surface area contributed by atoms with Crippen molar-refractivity contribution >= 4 is 28.3 Å². The molecule has 4 heteroatoms. The van der Waals surface area contributed by atoms with E-state index in [4.69, 9.17) is 11.6 Å². The van der Waals surface area contributed by atoms with E-state index in [0.717, 1.165) is 5.39 Å². The lowest BCUT2D eigenvalue weighted by Gasteiger charge is -2.03. The van der Waals surface area contributed by atoms with Gasteiger partial charge in [-0.15, -0.1) is 0 Å². The number of pyridine rings is 1. The van der Waals surface area contributed by atoms with Gasteiger partial charge in [-0.3, -0.25) is 4.79 Å². The molecule has 3 nitrogen and oxygen atoms in total. The number of carbonyl (C=O) groups is 1. The first-order valence-corrected chi connectivity index (χ1v) is 5.75. The maximum Gasteiger partial charge on any atom is 0.251 e. The van der Waals surface area contributed by atoms with Crippen LogP contribution < -0.4 is 5.56 Å². The van der Waals surface area contributed by atoms with Crippen LogP contribution in [0.25, 0.3) is 10.9 Å². The summed E-state index contributed by atoms with van der Waals surface area (Å²) >= 11 is 5.98. The molecule has 2 aromatic rings. The quantitative estimate of drug-likeness (QED) is 0.909. The molecule has 0 bridgehead atoms. The number of rotatable bonds is 3. The van der Waals surface area contributed by atoms with Gasteiger partial charge in [-0.1, -0.05) is 23.7 Å². The molecule has 0 spiro atoms. The zero-order chi connectivity index (χ0) is 12.4. The summed E-state index contributed by atoms with van der Waals surface area (Å²) in [5.74, 6) is 0.0793. The van der Waals surface area contributed by atoms with Crippen molar-refractivity contribution < 1.29 is 4.79 Å². The molecule has 0 atom stereocenters. The number of aromatic amines is 1. The van der Waals surface area contributed by atoms with Gasteiger partial charge in [0.05, 0.1) is 10.5 Å². The van der Waals surface area contributed by atoms with Crippen LogP contribution in [-0.4, -0.2) is 10.8 Å². The number of fused-ring (bicyclic) bond motifs is 1. The molecule has 0 radical (unpaired) electrons. The highest BCUT2D eigenvalue weighted by Crippen LogP contribution is 2.20. The van der Waals surface area contributed by atoms with Gasteiger partial charge >= 0.3 is 0 Å². The Balaban J connectivity index is 2.49. The van der Waals surface area contributed by atoms with E-state index >= 15 is 0 Å². The number of halogens is 1. The van der Waals surface area contributed by atoms with E-state index in [1.165, 1.54) is 6.92 Å². The smallest absolute Gasteiger partial charge is 0.251 e. The predicted molar refractivity (Wildman–Crippen MR) is 68.6 cm³/mol. The third-order valence-electron chi connectivity index (χ3n) is 2.65. The molecule has 0 unspecified atom stereocenters. The van der Waals surface area contributed by atoms with Crippen LogP contribution in [-0.2, 0) is 11.2 Å². The molecular formula is C13H12ClNO2. The monoisotopic (exact) mass is 249 g/mol. The topological polar surface area (TPSA) is 49.9 Å². The number of hydrogen-bond donors (Lipinski definition) is 1. The van der Waals surface area contributed by atoms with Crippen LogP contribution in [0.2, 0.25) is 5.02 Å².